The zero-order valence-electron chi connectivity index (χ0n) is 24.4. The van der Waals surface area contributed by atoms with Crippen LogP contribution in [-0.4, -0.2) is 15.3 Å². The molecule has 1 aromatic heterocycles. The minimum atomic E-state index is 0.926. The van der Waals surface area contributed by atoms with Gasteiger partial charge >= 0.3 is 0 Å². The van der Waals surface area contributed by atoms with E-state index in [1.807, 2.05) is 12.1 Å². The Balaban J connectivity index is 1.19. The Morgan fingerprint density at radius 1 is 0.568 bits per heavy atom. The van der Waals surface area contributed by atoms with Crippen LogP contribution in [0.4, 0.5) is 5.69 Å². The summed E-state index contributed by atoms with van der Waals surface area (Å²) in [6.45, 7) is 6.61. The molecule has 0 atom stereocenters. The summed E-state index contributed by atoms with van der Waals surface area (Å²) in [6.07, 6.45) is 0. The van der Waals surface area contributed by atoms with Crippen molar-refractivity contribution in [3.8, 4) is 39.3 Å². The third-order valence-electron chi connectivity index (χ3n) is 8.50. The predicted octanol–water partition coefficient (Wildman–Crippen LogP) is 10.5. The van der Waals surface area contributed by atoms with Gasteiger partial charge in [-0.3, -0.25) is 4.57 Å². The van der Waals surface area contributed by atoms with Crippen molar-refractivity contribution in [2.45, 2.75) is 6.92 Å². The third kappa shape index (κ3) is 4.29. The van der Waals surface area contributed by atoms with E-state index in [1.54, 1.807) is 0 Å². The molecule has 0 N–H and O–H groups in total. The van der Waals surface area contributed by atoms with E-state index in [9.17, 15) is 0 Å². The summed E-state index contributed by atoms with van der Waals surface area (Å²) in [7, 11) is 0. The molecule has 0 amide bonds. The third-order valence-corrected chi connectivity index (χ3v) is 8.50. The summed E-state index contributed by atoms with van der Waals surface area (Å²) < 4.78 is 2.24. The minimum absolute atomic E-state index is 0.926. The number of aromatic nitrogens is 2. The second-order valence-corrected chi connectivity index (χ2v) is 11.2. The summed E-state index contributed by atoms with van der Waals surface area (Å²) in [6, 6.07) is 50.9. The molecule has 0 aliphatic heterocycles. The molecular formula is C41H29N3. The molecule has 0 radical (unpaired) electrons. The monoisotopic (exact) mass is 563 g/mol. The van der Waals surface area contributed by atoms with Gasteiger partial charge in [0.15, 0.2) is 0 Å². The van der Waals surface area contributed by atoms with Crippen molar-refractivity contribution in [1.29, 1.82) is 0 Å². The van der Waals surface area contributed by atoms with Crippen LogP contribution in [0.5, 0.6) is 0 Å². The SMILES string of the molecule is C=C1C(=Nc2cc(-c3ccc(-n4c(-c5ccccc5)nc5ccccc54)cc3)ccc2C)c2ccccc2-c2ccccc21. The van der Waals surface area contributed by atoms with Crippen LogP contribution < -0.4 is 0 Å². The number of rotatable bonds is 4. The van der Waals surface area contributed by atoms with E-state index in [4.69, 9.17) is 9.98 Å². The largest absolute Gasteiger partial charge is 0.292 e. The first kappa shape index (κ1) is 25.9. The van der Waals surface area contributed by atoms with E-state index in [0.717, 1.165) is 72.9 Å². The number of nitrogens with zero attached hydrogens (tertiary/aromatic N) is 3. The minimum Gasteiger partial charge on any atom is -0.292 e. The number of aliphatic imine (C=N–C) groups is 1. The van der Waals surface area contributed by atoms with Gasteiger partial charge < -0.3 is 0 Å². The summed E-state index contributed by atoms with van der Waals surface area (Å²) >= 11 is 0. The van der Waals surface area contributed by atoms with Crippen LogP contribution in [0.3, 0.4) is 0 Å². The van der Waals surface area contributed by atoms with E-state index in [-0.39, 0.29) is 0 Å². The van der Waals surface area contributed by atoms with Gasteiger partial charge in [0.25, 0.3) is 0 Å². The van der Waals surface area contributed by atoms with Crippen LogP contribution in [0.1, 0.15) is 16.7 Å². The van der Waals surface area contributed by atoms with E-state index >= 15 is 0 Å². The number of hydrogen-bond donors (Lipinski definition) is 0. The first-order chi connectivity index (χ1) is 21.7. The van der Waals surface area contributed by atoms with Gasteiger partial charge in [0.2, 0.25) is 0 Å². The number of para-hydroxylation sites is 2. The molecule has 3 nitrogen and oxygen atoms in total. The van der Waals surface area contributed by atoms with Crippen molar-refractivity contribution < 1.29 is 0 Å². The molecule has 0 saturated carbocycles. The number of benzene rings is 6. The number of imidazole rings is 1. The second-order valence-electron chi connectivity index (χ2n) is 11.2. The quantitative estimate of drug-likeness (QED) is 0.209. The topological polar surface area (TPSA) is 30.2 Å². The predicted molar refractivity (Wildman–Crippen MR) is 184 cm³/mol. The second kappa shape index (κ2) is 10.5. The van der Waals surface area contributed by atoms with Gasteiger partial charge in [0.05, 0.1) is 22.4 Å². The molecule has 0 bridgehead atoms. The van der Waals surface area contributed by atoms with E-state index in [1.165, 1.54) is 11.1 Å². The Morgan fingerprint density at radius 3 is 1.95 bits per heavy atom. The Labute approximate surface area is 257 Å². The average Bonchev–Trinajstić information content (AvgIpc) is 3.48. The molecule has 0 fully saturated rings. The highest BCUT2D eigenvalue weighted by Gasteiger charge is 2.24. The Kier molecular flexibility index (Phi) is 6.16. The highest BCUT2D eigenvalue weighted by atomic mass is 15.1. The number of aryl methyl sites for hydroxylation is 1. The van der Waals surface area contributed by atoms with E-state index in [2.05, 4.69) is 152 Å². The molecule has 44 heavy (non-hydrogen) atoms. The Morgan fingerprint density at radius 2 is 1.18 bits per heavy atom. The van der Waals surface area contributed by atoms with Gasteiger partial charge in [0, 0.05) is 22.4 Å². The van der Waals surface area contributed by atoms with Crippen LogP contribution in [0.25, 0.3) is 55.9 Å². The first-order valence-electron chi connectivity index (χ1n) is 14.9. The number of fused-ring (bicyclic) bond motifs is 4. The lowest BCUT2D eigenvalue weighted by molar-refractivity contribution is 1.10. The Bertz CT molecular complexity index is 2230. The molecule has 7 aromatic rings. The zero-order chi connectivity index (χ0) is 29.6. The molecule has 0 unspecified atom stereocenters. The van der Waals surface area contributed by atoms with Crippen LogP contribution in [0, 0.1) is 6.92 Å². The summed E-state index contributed by atoms with van der Waals surface area (Å²) in [5, 5.41) is 0. The van der Waals surface area contributed by atoms with Crippen LogP contribution in [0.15, 0.2) is 157 Å². The maximum Gasteiger partial charge on any atom is 0.145 e. The van der Waals surface area contributed by atoms with Crippen molar-refractivity contribution in [1.82, 2.24) is 9.55 Å². The van der Waals surface area contributed by atoms with Crippen molar-refractivity contribution in [3.63, 3.8) is 0 Å². The van der Waals surface area contributed by atoms with Crippen molar-refractivity contribution in [3.05, 3.63) is 169 Å². The van der Waals surface area contributed by atoms with Gasteiger partial charge in [-0.2, -0.15) is 0 Å². The zero-order valence-corrected chi connectivity index (χ0v) is 24.4. The molecule has 6 aromatic carbocycles. The molecule has 1 aliphatic carbocycles. The standard InChI is InChI=1S/C41H29N3/c1-27-20-21-31(26-38(27)42-40-28(2)33-14-6-7-15-34(33)35-16-8-9-17-36(35)40)29-22-24-32(25-23-29)44-39-19-11-10-18-37(39)43-41(44)30-12-4-3-5-13-30/h3-26H,2H2,1H3. The molecule has 3 heteroatoms. The van der Waals surface area contributed by atoms with Gasteiger partial charge in [-0.15, -0.1) is 0 Å². The van der Waals surface area contributed by atoms with Crippen LogP contribution in [-0.2, 0) is 0 Å². The highest BCUT2D eigenvalue weighted by molar-refractivity contribution is 6.37. The molecular weight excluding hydrogens is 534 g/mol. The summed E-state index contributed by atoms with van der Waals surface area (Å²) in [5.74, 6) is 0.933. The highest BCUT2D eigenvalue weighted by Crippen LogP contribution is 2.40. The lowest BCUT2D eigenvalue weighted by Gasteiger charge is -2.23. The van der Waals surface area contributed by atoms with Crippen molar-refractivity contribution >= 4 is 28.0 Å². The fourth-order valence-corrected chi connectivity index (χ4v) is 6.22. The maximum atomic E-state index is 5.27. The lowest BCUT2D eigenvalue weighted by atomic mass is 9.81. The Hall–Kier alpha value is -5.80. The van der Waals surface area contributed by atoms with E-state index < -0.39 is 0 Å². The smallest absolute Gasteiger partial charge is 0.145 e. The first-order valence-corrected chi connectivity index (χ1v) is 14.9. The van der Waals surface area contributed by atoms with Gasteiger partial charge in [-0.25, -0.2) is 9.98 Å². The molecule has 0 spiro atoms. The van der Waals surface area contributed by atoms with Gasteiger partial charge in [0.1, 0.15) is 5.82 Å². The van der Waals surface area contributed by atoms with Crippen molar-refractivity contribution in [2.24, 2.45) is 4.99 Å². The molecule has 8 rings (SSSR count). The van der Waals surface area contributed by atoms with Gasteiger partial charge in [-0.05, 0) is 70.6 Å². The molecule has 0 saturated heterocycles. The fourth-order valence-electron chi connectivity index (χ4n) is 6.22. The molecule has 1 heterocycles. The summed E-state index contributed by atoms with van der Waals surface area (Å²) in [4.78, 5) is 10.3. The summed E-state index contributed by atoms with van der Waals surface area (Å²) in [5.41, 5.74) is 15.1. The number of hydrogen-bond acceptors (Lipinski definition) is 2. The molecule has 1 aliphatic rings. The van der Waals surface area contributed by atoms with E-state index in [0.29, 0.717) is 0 Å². The fraction of sp³-hybridized carbons (Fsp3) is 0.0244. The van der Waals surface area contributed by atoms with Gasteiger partial charge in [-0.1, -0.05) is 122 Å². The molecule has 208 valence electrons. The van der Waals surface area contributed by atoms with Crippen LogP contribution in [0.2, 0.25) is 0 Å². The van der Waals surface area contributed by atoms with Crippen molar-refractivity contribution in [2.75, 3.05) is 0 Å². The lowest BCUT2D eigenvalue weighted by Crippen LogP contribution is -2.11. The average molecular weight is 564 g/mol. The maximum absolute atomic E-state index is 5.27. The van der Waals surface area contributed by atoms with Crippen LogP contribution >= 0.6 is 0 Å². The number of allylic oxidation sites excluding steroid dienone is 1. The normalized spacial score (nSPS) is 13.2.